The van der Waals surface area contributed by atoms with Gasteiger partial charge in [-0.1, -0.05) is 60.6 Å². The van der Waals surface area contributed by atoms with Gasteiger partial charge >= 0.3 is 6.18 Å². The Labute approximate surface area is 173 Å². The van der Waals surface area contributed by atoms with Crippen molar-refractivity contribution in [3.8, 4) is 16.9 Å². The van der Waals surface area contributed by atoms with Gasteiger partial charge in [0, 0.05) is 15.6 Å². The molecule has 0 aromatic heterocycles. The summed E-state index contributed by atoms with van der Waals surface area (Å²) < 4.78 is 45.3. The second-order valence-electron chi connectivity index (χ2n) is 5.53. The van der Waals surface area contributed by atoms with Gasteiger partial charge in [0.2, 0.25) is 0 Å². The highest BCUT2D eigenvalue weighted by molar-refractivity contribution is 9.10. The van der Waals surface area contributed by atoms with Crippen molar-refractivity contribution in [3.63, 3.8) is 0 Å². The molecule has 7 heteroatoms. The number of benzene rings is 2. The van der Waals surface area contributed by atoms with Gasteiger partial charge < -0.3 is 4.74 Å². The Morgan fingerprint density at radius 2 is 1.74 bits per heavy atom. The molecule has 0 N–H and O–H groups in total. The van der Waals surface area contributed by atoms with Crippen LogP contribution in [0.15, 0.2) is 82.3 Å². The van der Waals surface area contributed by atoms with Crippen LogP contribution in [0.3, 0.4) is 0 Å². The van der Waals surface area contributed by atoms with E-state index in [4.69, 9.17) is 27.9 Å². The van der Waals surface area contributed by atoms with Crippen molar-refractivity contribution in [2.24, 2.45) is 0 Å². The molecule has 27 heavy (non-hydrogen) atoms. The first kappa shape index (κ1) is 21.6. The van der Waals surface area contributed by atoms with Gasteiger partial charge in [-0.05, 0) is 51.3 Å². The Bertz CT molecular complexity index is 887. The van der Waals surface area contributed by atoms with E-state index in [2.05, 4.69) is 29.1 Å². The number of allylic oxidation sites excluding steroid dienone is 2. The van der Waals surface area contributed by atoms with Gasteiger partial charge in [0.05, 0.1) is 10.0 Å². The molecule has 0 heterocycles. The number of hydrogen-bond donors (Lipinski definition) is 0. The van der Waals surface area contributed by atoms with Crippen LogP contribution in [0.1, 0.15) is 0 Å². The molecule has 0 radical (unpaired) electrons. The van der Waals surface area contributed by atoms with E-state index in [1.54, 1.807) is 18.2 Å². The van der Waals surface area contributed by atoms with Gasteiger partial charge in [-0.25, -0.2) is 0 Å². The predicted molar refractivity (Wildman–Crippen MR) is 108 cm³/mol. The molecule has 142 valence electrons. The van der Waals surface area contributed by atoms with Crippen molar-refractivity contribution in [3.05, 3.63) is 87.4 Å². The molecule has 2 rings (SSSR count). The molecule has 1 nitrogen and oxygen atoms in total. The number of alkyl halides is 3. The highest BCUT2D eigenvalue weighted by Crippen LogP contribution is 2.37. The quantitative estimate of drug-likeness (QED) is 0.383. The van der Waals surface area contributed by atoms with Crippen LogP contribution in [0.2, 0.25) is 5.02 Å². The molecule has 2 aromatic carbocycles. The van der Waals surface area contributed by atoms with Crippen molar-refractivity contribution in [2.75, 3.05) is 6.61 Å². The van der Waals surface area contributed by atoms with E-state index in [0.717, 1.165) is 17.2 Å². The number of halogens is 6. The third-order valence-corrected chi connectivity index (χ3v) is 4.55. The second-order valence-corrected chi connectivity index (χ2v) is 7.28. The van der Waals surface area contributed by atoms with Crippen molar-refractivity contribution < 1.29 is 17.9 Å². The lowest BCUT2D eigenvalue weighted by Crippen LogP contribution is -2.13. The lowest BCUT2D eigenvalue weighted by Gasteiger charge is -2.15. The average Bonchev–Trinajstić information content (AvgIpc) is 2.58. The molecule has 0 aliphatic heterocycles. The average molecular weight is 478 g/mol. The Hall–Kier alpha value is -1.69. The van der Waals surface area contributed by atoms with E-state index < -0.39 is 16.8 Å². The van der Waals surface area contributed by atoms with Crippen LogP contribution >= 0.6 is 39.1 Å². The van der Waals surface area contributed by atoms with E-state index in [1.165, 1.54) is 0 Å². The fourth-order valence-corrected chi connectivity index (χ4v) is 3.01. The Morgan fingerprint density at radius 1 is 1.11 bits per heavy atom. The molecule has 0 fully saturated rings. The SMILES string of the molecule is C=C(/C=C(\C(=C)Cl)C(F)(F)F)COc1c(Br)cccc1-c1ccc(Cl)cc1. The van der Waals surface area contributed by atoms with Gasteiger partial charge in [0.1, 0.15) is 12.4 Å². The van der Waals surface area contributed by atoms with Crippen molar-refractivity contribution in [1.82, 2.24) is 0 Å². The largest absolute Gasteiger partial charge is 0.487 e. The molecule has 0 unspecified atom stereocenters. The van der Waals surface area contributed by atoms with E-state index in [1.807, 2.05) is 24.3 Å². The normalized spacial score (nSPS) is 12.0. The summed E-state index contributed by atoms with van der Waals surface area (Å²) in [6.45, 7) is 6.60. The maximum Gasteiger partial charge on any atom is 0.417 e. The third kappa shape index (κ3) is 5.89. The molecule has 0 bridgehead atoms. The first-order chi connectivity index (χ1) is 12.6. The molecule has 0 aliphatic carbocycles. The summed E-state index contributed by atoms with van der Waals surface area (Å²) in [6.07, 6.45) is -3.79. The van der Waals surface area contributed by atoms with E-state index in [-0.39, 0.29) is 12.2 Å². The van der Waals surface area contributed by atoms with E-state index in [0.29, 0.717) is 15.2 Å². The minimum absolute atomic E-state index is 0.0990. The molecule has 0 aliphatic rings. The molecule has 0 saturated heterocycles. The summed E-state index contributed by atoms with van der Waals surface area (Å²) in [5.74, 6) is 0.479. The molecular formula is C20H14BrCl2F3O. The lowest BCUT2D eigenvalue weighted by molar-refractivity contribution is -0.0886. The van der Waals surface area contributed by atoms with Crippen LogP contribution in [0.25, 0.3) is 11.1 Å². The predicted octanol–water partition coefficient (Wildman–Crippen LogP) is 7.95. The Balaban J connectivity index is 2.27. The van der Waals surface area contributed by atoms with E-state index in [9.17, 15) is 13.2 Å². The van der Waals surface area contributed by atoms with Crippen molar-refractivity contribution in [2.45, 2.75) is 6.18 Å². The van der Waals surface area contributed by atoms with Crippen molar-refractivity contribution in [1.29, 1.82) is 0 Å². The van der Waals surface area contributed by atoms with Gasteiger partial charge in [0.25, 0.3) is 0 Å². The number of rotatable bonds is 6. The molecular weight excluding hydrogens is 464 g/mol. The smallest absolute Gasteiger partial charge is 0.417 e. The first-order valence-electron chi connectivity index (χ1n) is 7.58. The maximum absolute atomic E-state index is 13.0. The molecule has 0 atom stereocenters. The van der Waals surface area contributed by atoms with Crippen LogP contribution in [-0.4, -0.2) is 12.8 Å². The molecule has 0 spiro atoms. The van der Waals surface area contributed by atoms with Gasteiger partial charge in [-0.3, -0.25) is 0 Å². The molecule has 0 amide bonds. The van der Waals surface area contributed by atoms with Crippen LogP contribution < -0.4 is 4.74 Å². The van der Waals surface area contributed by atoms with Gasteiger partial charge in [-0.2, -0.15) is 13.2 Å². The van der Waals surface area contributed by atoms with Crippen LogP contribution in [-0.2, 0) is 0 Å². The zero-order valence-electron chi connectivity index (χ0n) is 13.9. The van der Waals surface area contributed by atoms with Crippen LogP contribution in [0.4, 0.5) is 13.2 Å². The lowest BCUT2D eigenvalue weighted by atomic mass is 10.0. The highest BCUT2D eigenvalue weighted by Gasteiger charge is 2.34. The number of hydrogen-bond acceptors (Lipinski definition) is 1. The highest BCUT2D eigenvalue weighted by atomic mass is 79.9. The molecule has 0 saturated carbocycles. The van der Waals surface area contributed by atoms with Gasteiger partial charge in [0.15, 0.2) is 0 Å². The van der Waals surface area contributed by atoms with Crippen molar-refractivity contribution >= 4 is 39.1 Å². The summed E-state index contributed by atoms with van der Waals surface area (Å²) in [5.41, 5.74) is 0.655. The number of para-hydroxylation sites is 1. The summed E-state index contributed by atoms with van der Waals surface area (Å²) in [5, 5.41) is -0.0119. The second kappa shape index (κ2) is 9.00. The minimum Gasteiger partial charge on any atom is -0.487 e. The summed E-state index contributed by atoms with van der Waals surface area (Å²) in [7, 11) is 0. The Kier molecular flexibility index (Phi) is 7.20. The summed E-state index contributed by atoms with van der Waals surface area (Å²) in [6, 6.07) is 12.6. The maximum atomic E-state index is 13.0. The first-order valence-corrected chi connectivity index (χ1v) is 9.13. The van der Waals surface area contributed by atoms with E-state index >= 15 is 0 Å². The Morgan fingerprint density at radius 3 is 2.30 bits per heavy atom. The minimum atomic E-state index is -4.62. The number of ether oxygens (including phenoxy) is 1. The zero-order chi connectivity index (χ0) is 20.2. The standard InChI is InChI=1S/C20H14BrCl2F3O/c1-12(10-17(13(2)22)20(24,25)26)11-27-19-16(4-3-5-18(19)21)14-6-8-15(23)9-7-14/h3-10H,1-2,11H2/b17-10+. The summed E-state index contributed by atoms with van der Waals surface area (Å²) in [4.78, 5) is 0. The van der Waals surface area contributed by atoms with Crippen LogP contribution in [0, 0.1) is 0 Å². The monoisotopic (exact) mass is 476 g/mol. The third-order valence-electron chi connectivity index (χ3n) is 3.47. The summed E-state index contributed by atoms with van der Waals surface area (Å²) >= 11 is 14.8. The van der Waals surface area contributed by atoms with Crippen LogP contribution in [0.5, 0.6) is 5.75 Å². The fraction of sp³-hybridized carbons (Fsp3) is 0.100. The zero-order valence-corrected chi connectivity index (χ0v) is 17.0. The topological polar surface area (TPSA) is 9.23 Å². The van der Waals surface area contributed by atoms with Gasteiger partial charge in [-0.15, -0.1) is 0 Å². The molecule has 2 aromatic rings. The fourth-order valence-electron chi connectivity index (χ4n) is 2.24.